The van der Waals surface area contributed by atoms with E-state index in [0.717, 1.165) is 44.6 Å². The zero-order chi connectivity index (χ0) is 15.5. The van der Waals surface area contributed by atoms with E-state index in [1.165, 1.54) is 9.80 Å². The van der Waals surface area contributed by atoms with Crippen molar-refractivity contribution in [2.45, 2.75) is 32.9 Å². The molecule has 0 radical (unpaired) electrons. The van der Waals surface area contributed by atoms with E-state index in [4.69, 9.17) is 0 Å². The normalized spacial score (nSPS) is 42.8. The predicted octanol–water partition coefficient (Wildman–Crippen LogP) is -0.437. The minimum atomic E-state index is -0.127. The first kappa shape index (κ1) is 14.2. The molecule has 4 saturated heterocycles. The summed E-state index contributed by atoms with van der Waals surface area (Å²) < 4.78 is 0. The molecule has 5 rings (SSSR count). The van der Waals surface area contributed by atoms with Crippen LogP contribution in [0, 0.1) is 10.8 Å². The third-order valence-electron chi connectivity index (χ3n) is 6.64. The number of aromatic hydroxyl groups is 1. The molecule has 0 spiro atoms. The van der Waals surface area contributed by atoms with Crippen LogP contribution >= 0.6 is 0 Å². The van der Waals surface area contributed by atoms with Crippen molar-refractivity contribution in [3.63, 3.8) is 0 Å². The van der Waals surface area contributed by atoms with Crippen LogP contribution in [0.4, 0.5) is 0 Å². The number of ketones is 1. The number of benzene rings is 1. The molecule has 0 atom stereocenters. The molecule has 118 valence electrons. The maximum atomic E-state index is 13.1. The van der Waals surface area contributed by atoms with Crippen LogP contribution in [0.3, 0.4) is 0 Å². The summed E-state index contributed by atoms with van der Waals surface area (Å²) in [4.78, 5) is 16.1. The van der Waals surface area contributed by atoms with Gasteiger partial charge in [0.05, 0.1) is 0 Å². The van der Waals surface area contributed by atoms with Gasteiger partial charge in [0.2, 0.25) is 6.17 Å². The van der Waals surface area contributed by atoms with Crippen molar-refractivity contribution in [3.8, 4) is 5.75 Å². The zero-order valence-corrected chi connectivity index (χ0v) is 13.5. The van der Waals surface area contributed by atoms with Crippen molar-refractivity contribution in [3.05, 3.63) is 29.8 Å². The highest BCUT2D eigenvalue weighted by Gasteiger charge is 2.70. The van der Waals surface area contributed by atoms with Gasteiger partial charge in [-0.25, -0.2) is 0 Å². The smallest absolute Gasteiger partial charge is 0.243 e. The van der Waals surface area contributed by atoms with Gasteiger partial charge in [0.25, 0.3) is 0 Å². The molecule has 4 heteroatoms. The van der Waals surface area contributed by atoms with Gasteiger partial charge in [-0.3, -0.25) is 14.6 Å². The lowest BCUT2D eigenvalue weighted by atomic mass is 9.58. The highest BCUT2D eigenvalue weighted by molar-refractivity contribution is 5.92. The molecule has 4 nitrogen and oxygen atoms in total. The van der Waals surface area contributed by atoms with E-state index in [2.05, 4.69) is 19.9 Å². The number of rotatable bonds is 3. The van der Waals surface area contributed by atoms with Crippen LogP contribution in [0.2, 0.25) is 0 Å². The Balaban J connectivity index is 1.78. The number of phenolic OH excluding ortho intramolecular Hbond substituents is 1. The van der Waals surface area contributed by atoms with Gasteiger partial charge in [-0.05, 0) is 25.0 Å². The Morgan fingerprint density at radius 2 is 1.55 bits per heavy atom. The summed E-state index contributed by atoms with van der Waals surface area (Å²) in [6.07, 6.45) is 2.19. The van der Waals surface area contributed by atoms with Gasteiger partial charge < -0.3 is 5.11 Å². The lowest BCUT2D eigenvalue weighted by Gasteiger charge is -2.60. The number of piperidine rings is 2. The Hall–Kier alpha value is -1.39. The second-order valence-electron chi connectivity index (χ2n) is 7.61. The van der Waals surface area contributed by atoms with Crippen LogP contribution in [0.5, 0.6) is 5.75 Å². The van der Waals surface area contributed by atoms with E-state index in [0.29, 0.717) is 11.5 Å². The summed E-state index contributed by atoms with van der Waals surface area (Å²) in [7, 11) is 0. The van der Waals surface area contributed by atoms with Gasteiger partial charge in [0, 0.05) is 0 Å². The van der Waals surface area contributed by atoms with E-state index in [9.17, 15) is 9.90 Å². The van der Waals surface area contributed by atoms with Crippen LogP contribution in [0.1, 0.15) is 38.4 Å². The van der Waals surface area contributed by atoms with E-state index < -0.39 is 0 Å². The fourth-order valence-corrected chi connectivity index (χ4v) is 5.56. The van der Waals surface area contributed by atoms with Gasteiger partial charge in [-0.15, -0.1) is 0 Å². The van der Waals surface area contributed by atoms with Gasteiger partial charge in [-0.2, -0.15) is 0 Å². The molecular formula is C18H26N2O2+2. The number of nitrogens with one attached hydrogen (secondary N) is 2. The van der Waals surface area contributed by atoms with Crippen molar-refractivity contribution in [1.29, 1.82) is 0 Å². The number of hydrogen-bond acceptors (Lipinski definition) is 2. The van der Waals surface area contributed by atoms with Gasteiger partial charge in [0.1, 0.15) is 48.3 Å². The molecule has 4 heterocycles. The quantitative estimate of drug-likeness (QED) is 0.709. The molecule has 1 aromatic rings. The molecule has 4 fully saturated rings. The van der Waals surface area contributed by atoms with Crippen LogP contribution < -0.4 is 9.80 Å². The Morgan fingerprint density at radius 3 is 2.00 bits per heavy atom. The summed E-state index contributed by atoms with van der Waals surface area (Å²) in [6.45, 7) is 8.09. The standard InChI is InChI=1S/C18H24N2O2/c1-3-17-9-19-11-18(4-2,16(17)22)12-20(10-17)15(19)13-7-5-6-8-14(13)21/h5-8,15,21H,3-4,9-12H2,1-2H3/p+2. The fraction of sp³-hybridized carbons (Fsp3) is 0.611. The topological polar surface area (TPSA) is 46.2 Å². The summed E-state index contributed by atoms with van der Waals surface area (Å²) in [6, 6.07) is 7.74. The van der Waals surface area contributed by atoms with Crippen molar-refractivity contribution in [2.24, 2.45) is 10.8 Å². The number of phenols is 1. The molecule has 0 saturated carbocycles. The monoisotopic (exact) mass is 302 g/mol. The number of carbonyl (C=O) groups is 1. The van der Waals surface area contributed by atoms with Gasteiger partial charge in [-0.1, -0.05) is 26.0 Å². The lowest BCUT2D eigenvalue weighted by molar-refractivity contribution is -1.18. The average molecular weight is 302 g/mol. The number of carbonyl (C=O) groups excluding carboxylic acids is 1. The van der Waals surface area contributed by atoms with Crippen LogP contribution in [-0.4, -0.2) is 37.1 Å². The Kier molecular flexibility index (Phi) is 2.94. The Labute approximate surface area is 131 Å². The van der Waals surface area contributed by atoms with Crippen molar-refractivity contribution < 1.29 is 19.7 Å². The largest absolute Gasteiger partial charge is 0.507 e. The van der Waals surface area contributed by atoms with Crippen molar-refractivity contribution >= 4 is 5.78 Å². The number of hydrogen-bond donors (Lipinski definition) is 3. The highest BCUT2D eigenvalue weighted by Crippen LogP contribution is 2.41. The van der Waals surface area contributed by atoms with Crippen LogP contribution in [0.25, 0.3) is 0 Å². The van der Waals surface area contributed by atoms with E-state index >= 15 is 0 Å². The number of para-hydroxylation sites is 1. The molecule has 4 aliphatic rings. The molecule has 22 heavy (non-hydrogen) atoms. The fourth-order valence-electron chi connectivity index (χ4n) is 5.56. The summed E-state index contributed by atoms with van der Waals surface area (Å²) in [5.41, 5.74) is 0.798. The third kappa shape index (κ3) is 1.62. The van der Waals surface area contributed by atoms with Crippen LogP contribution in [-0.2, 0) is 4.79 Å². The van der Waals surface area contributed by atoms with E-state index in [1.807, 2.05) is 12.1 Å². The van der Waals surface area contributed by atoms with E-state index in [-0.39, 0.29) is 17.0 Å². The second-order valence-corrected chi connectivity index (χ2v) is 7.61. The first-order valence-electron chi connectivity index (χ1n) is 8.57. The summed E-state index contributed by atoms with van der Waals surface area (Å²) in [5, 5.41) is 10.3. The molecule has 0 aliphatic carbocycles. The molecule has 0 unspecified atom stereocenters. The Bertz CT molecular complexity index is 585. The van der Waals surface area contributed by atoms with Crippen molar-refractivity contribution in [2.75, 3.05) is 26.2 Å². The average Bonchev–Trinajstić information content (AvgIpc) is 2.52. The van der Waals surface area contributed by atoms with Gasteiger partial charge in [0.15, 0.2) is 5.78 Å². The maximum absolute atomic E-state index is 13.1. The minimum Gasteiger partial charge on any atom is -0.507 e. The SMILES string of the molecule is CCC12C[NH+]3CC(CC)(C[NH+](C1)C3c1ccccc1O)C2=O. The van der Waals surface area contributed by atoms with Crippen LogP contribution in [0.15, 0.2) is 24.3 Å². The molecule has 4 aliphatic heterocycles. The summed E-state index contributed by atoms with van der Waals surface area (Å²) >= 11 is 0. The predicted molar refractivity (Wildman–Crippen MR) is 82.7 cm³/mol. The summed E-state index contributed by atoms with van der Waals surface area (Å²) in [5.74, 6) is 0.940. The van der Waals surface area contributed by atoms with Gasteiger partial charge >= 0.3 is 0 Å². The first-order chi connectivity index (χ1) is 10.6. The molecule has 3 N–H and O–H groups in total. The maximum Gasteiger partial charge on any atom is 0.243 e. The second kappa shape index (κ2) is 4.56. The minimum absolute atomic E-state index is 0.127. The Morgan fingerprint density at radius 1 is 1.05 bits per heavy atom. The molecular weight excluding hydrogens is 276 g/mol. The molecule has 0 aromatic heterocycles. The highest BCUT2D eigenvalue weighted by atomic mass is 16.3. The molecule has 1 aromatic carbocycles. The van der Waals surface area contributed by atoms with Crippen molar-refractivity contribution in [1.82, 2.24) is 0 Å². The molecule has 4 bridgehead atoms. The molecule has 0 amide bonds. The number of quaternary nitrogens is 2. The third-order valence-corrected chi connectivity index (χ3v) is 6.64. The first-order valence-corrected chi connectivity index (χ1v) is 8.57. The zero-order valence-electron chi connectivity index (χ0n) is 13.5. The van der Waals surface area contributed by atoms with E-state index in [1.54, 1.807) is 6.07 Å². The lowest BCUT2D eigenvalue weighted by Crippen LogP contribution is -3.41. The number of Topliss-reactive ketones (excluding diaryl/α,β-unsaturated/α-hetero) is 1.